The number of halogens is 2. The van der Waals surface area contributed by atoms with E-state index in [0.29, 0.717) is 33.2 Å². The highest BCUT2D eigenvalue weighted by Gasteiger charge is 2.26. The first-order valence-corrected chi connectivity index (χ1v) is 14.4. The number of sulfone groups is 1. The fourth-order valence-electron chi connectivity index (χ4n) is 4.58. The molecule has 0 bridgehead atoms. The average Bonchev–Trinajstić information content (AvgIpc) is 2.78. The van der Waals surface area contributed by atoms with Gasteiger partial charge in [-0.2, -0.15) is 0 Å². The fourth-order valence-corrected chi connectivity index (χ4v) is 5.93. The summed E-state index contributed by atoms with van der Waals surface area (Å²) >= 11 is 2.00. The molecule has 190 valence electrons. The summed E-state index contributed by atoms with van der Waals surface area (Å²) in [4.78, 5) is 26.4. The van der Waals surface area contributed by atoms with E-state index in [9.17, 15) is 22.4 Å². The van der Waals surface area contributed by atoms with Gasteiger partial charge in [-0.05, 0) is 91.1 Å². The van der Waals surface area contributed by atoms with Crippen LogP contribution >= 0.6 is 22.6 Å². The lowest BCUT2D eigenvalue weighted by atomic mass is 9.86. The van der Waals surface area contributed by atoms with Crippen LogP contribution in [0.15, 0.2) is 49.4 Å². The normalized spacial score (nSPS) is 14.4. The molecule has 1 aliphatic carbocycles. The van der Waals surface area contributed by atoms with Crippen LogP contribution in [0.3, 0.4) is 0 Å². The zero-order valence-electron chi connectivity index (χ0n) is 20.6. The van der Waals surface area contributed by atoms with Crippen LogP contribution in [0.4, 0.5) is 15.8 Å². The van der Waals surface area contributed by atoms with Crippen LogP contribution in [0.5, 0.6) is 0 Å². The van der Waals surface area contributed by atoms with E-state index in [2.05, 4.69) is 5.32 Å². The van der Waals surface area contributed by atoms with Gasteiger partial charge in [-0.25, -0.2) is 17.6 Å². The summed E-state index contributed by atoms with van der Waals surface area (Å²) in [6.07, 6.45) is 4.29. The number of fused-ring (bicyclic) bond motifs is 1. The molecular formula is C26H26FIN2O5S. The molecule has 0 fully saturated rings. The second kappa shape index (κ2) is 9.62. The Labute approximate surface area is 221 Å². The van der Waals surface area contributed by atoms with Gasteiger partial charge in [-0.1, -0.05) is 6.08 Å². The monoisotopic (exact) mass is 624 g/mol. The number of aromatic nitrogens is 1. The Morgan fingerprint density at radius 2 is 1.89 bits per heavy atom. The molecular weight excluding hydrogens is 598 g/mol. The third-order valence-corrected chi connectivity index (χ3v) is 8.10. The molecule has 0 amide bonds. The fraction of sp³-hybridized carbons (Fsp3) is 0.308. The maximum Gasteiger partial charge on any atom is 0.341 e. The van der Waals surface area contributed by atoms with E-state index in [1.807, 2.05) is 35.6 Å². The van der Waals surface area contributed by atoms with Gasteiger partial charge < -0.3 is 14.3 Å². The van der Waals surface area contributed by atoms with Gasteiger partial charge in [0.25, 0.3) is 5.56 Å². The molecule has 2 heterocycles. The Morgan fingerprint density at radius 1 is 1.19 bits per heavy atom. The molecule has 10 heteroatoms. The molecule has 0 aliphatic heterocycles. The Balaban J connectivity index is 2.06. The molecule has 3 aromatic rings. The zero-order chi connectivity index (χ0) is 26.5. The highest BCUT2D eigenvalue weighted by atomic mass is 127. The molecule has 0 atom stereocenters. The predicted octanol–water partition coefficient (Wildman–Crippen LogP) is 5.13. The summed E-state index contributed by atoms with van der Waals surface area (Å²) in [7, 11) is -1.64. The van der Waals surface area contributed by atoms with Crippen LogP contribution in [-0.2, 0) is 16.9 Å². The molecule has 4 rings (SSSR count). The molecule has 0 radical (unpaired) electrons. The van der Waals surface area contributed by atoms with Crippen LogP contribution in [0.2, 0.25) is 0 Å². The third-order valence-electron chi connectivity index (χ3n) is 6.59. The first-order chi connectivity index (χ1) is 16.8. The molecule has 2 aromatic heterocycles. The van der Waals surface area contributed by atoms with Crippen molar-refractivity contribution in [2.75, 3.05) is 17.3 Å². The van der Waals surface area contributed by atoms with Gasteiger partial charge in [0.2, 0.25) is 0 Å². The largest absolute Gasteiger partial charge is 0.421 e. The van der Waals surface area contributed by atoms with Crippen molar-refractivity contribution < 1.29 is 17.2 Å². The number of nitrogens with one attached hydrogen (secondary N) is 1. The van der Waals surface area contributed by atoms with Crippen LogP contribution in [0, 0.1) is 23.2 Å². The molecule has 0 unspecified atom stereocenters. The lowest BCUT2D eigenvalue weighted by Gasteiger charge is -2.23. The van der Waals surface area contributed by atoms with Gasteiger partial charge in [-0.15, -0.1) is 0 Å². The van der Waals surface area contributed by atoms with Crippen molar-refractivity contribution in [1.29, 1.82) is 0 Å². The number of benzene rings is 1. The number of rotatable bonds is 5. The number of nitrogens with zero attached hydrogens (tertiary/aromatic N) is 1. The summed E-state index contributed by atoms with van der Waals surface area (Å²) < 4.78 is 46.6. The van der Waals surface area contributed by atoms with E-state index < -0.39 is 26.8 Å². The predicted molar refractivity (Wildman–Crippen MR) is 149 cm³/mol. The summed E-state index contributed by atoms with van der Waals surface area (Å²) in [5, 5.41) is 3.09. The second-order valence-electron chi connectivity index (χ2n) is 9.11. The second-order valence-corrected chi connectivity index (χ2v) is 12.5. The standard InChI is InChI=1S/C26H26FIN2O5S/c1-13-16(12-36(5,33)34)7-6-8-18(13)21-15(3)30(4)25(31)22-23(14(2)26(32)35-24(21)22)29-20-10-9-17(28)11-19(20)27/h7,9-11,29H,6,8,12H2,1-5H3. The molecule has 1 N–H and O–H groups in total. The maximum absolute atomic E-state index is 14.7. The van der Waals surface area contributed by atoms with Crippen LogP contribution in [-0.4, -0.2) is 25.0 Å². The van der Waals surface area contributed by atoms with Crippen molar-refractivity contribution >= 4 is 60.3 Å². The van der Waals surface area contributed by atoms with Gasteiger partial charge in [-0.3, -0.25) is 4.79 Å². The van der Waals surface area contributed by atoms with Gasteiger partial charge in [0.15, 0.2) is 15.4 Å². The van der Waals surface area contributed by atoms with Crippen molar-refractivity contribution in [1.82, 2.24) is 4.57 Å². The smallest absolute Gasteiger partial charge is 0.341 e. The summed E-state index contributed by atoms with van der Waals surface area (Å²) in [6.45, 7) is 5.13. The molecule has 7 nitrogen and oxygen atoms in total. The Morgan fingerprint density at radius 3 is 2.53 bits per heavy atom. The lowest BCUT2D eigenvalue weighted by Crippen LogP contribution is -2.24. The Kier molecular flexibility index (Phi) is 7.04. The third kappa shape index (κ3) is 4.80. The van der Waals surface area contributed by atoms with E-state index >= 15 is 0 Å². The number of anilines is 2. The summed E-state index contributed by atoms with van der Waals surface area (Å²) in [6, 6.07) is 4.62. The quantitative estimate of drug-likeness (QED) is 0.396. The van der Waals surface area contributed by atoms with E-state index in [0.717, 1.165) is 11.1 Å². The van der Waals surface area contributed by atoms with E-state index in [1.165, 1.54) is 23.8 Å². The maximum atomic E-state index is 14.7. The zero-order valence-corrected chi connectivity index (χ0v) is 23.6. The van der Waals surface area contributed by atoms with Crippen molar-refractivity contribution in [2.24, 2.45) is 7.05 Å². The van der Waals surface area contributed by atoms with Crippen molar-refractivity contribution in [3.05, 3.63) is 82.4 Å². The lowest BCUT2D eigenvalue weighted by molar-refractivity contribution is 0.552. The summed E-state index contributed by atoms with van der Waals surface area (Å²) in [5.74, 6) is -0.624. The Hall–Kier alpha value is -2.73. The molecule has 1 aromatic carbocycles. The highest BCUT2D eigenvalue weighted by molar-refractivity contribution is 14.1. The van der Waals surface area contributed by atoms with Crippen molar-refractivity contribution in [3.8, 4) is 0 Å². The van der Waals surface area contributed by atoms with Gasteiger partial charge in [0.1, 0.15) is 11.2 Å². The molecule has 0 saturated heterocycles. The Bertz CT molecular complexity index is 1720. The minimum Gasteiger partial charge on any atom is -0.421 e. The number of allylic oxidation sites excluding steroid dienone is 3. The number of pyridine rings is 1. The molecule has 0 saturated carbocycles. The molecule has 0 spiro atoms. The minimum absolute atomic E-state index is 0.104. The van der Waals surface area contributed by atoms with E-state index in [4.69, 9.17) is 4.42 Å². The van der Waals surface area contributed by atoms with Gasteiger partial charge in [0.05, 0.1) is 22.7 Å². The van der Waals surface area contributed by atoms with E-state index in [1.54, 1.807) is 26.1 Å². The van der Waals surface area contributed by atoms with E-state index in [-0.39, 0.29) is 33.7 Å². The SMILES string of the molecule is CC1=C(c2c(C)n(C)c(=O)c3c(Nc4ccc(I)cc4F)c(C)c(=O)oc23)CCC=C1CS(C)(=O)=O. The first kappa shape index (κ1) is 26.3. The first-order valence-electron chi connectivity index (χ1n) is 11.3. The van der Waals surface area contributed by atoms with Crippen LogP contribution in [0.1, 0.15) is 36.6 Å². The number of hydrogen-bond donors (Lipinski definition) is 1. The van der Waals surface area contributed by atoms with Gasteiger partial charge in [0, 0.05) is 28.1 Å². The summed E-state index contributed by atoms with van der Waals surface area (Å²) in [5.41, 5.74) is 2.96. The highest BCUT2D eigenvalue weighted by Crippen LogP contribution is 2.39. The topological polar surface area (TPSA) is 98.4 Å². The molecule has 36 heavy (non-hydrogen) atoms. The number of hydrogen-bond acceptors (Lipinski definition) is 6. The van der Waals surface area contributed by atoms with Crippen LogP contribution in [0.25, 0.3) is 16.5 Å². The average molecular weight is 624 g/mol. The van der Waals surface area contributed by atoms with Crippen LogP contribution < -0.4 is 16.5 Å². The minimum atomic E-state index is -3.27. The van der Waals surface area contributed by atoms with Gasteiger partial charge >= 0.3 is 5.63 Å². The van der Waals surface area contributed by atoms with Crippen molar-refractivity contribution in [3.63, 3.8) is 0 Å². The van der Waals surface area contributed by atoms with Crippen molar-refractivity contribution in [2.45, 2.75) is 33.6 Å². The molecule has 1 aliphatic rings.